The first-order valence-corrected chi connectivity index (χ1v) is 8.30. The minimum Gasteiger partial charge on any atom is -0.350 e. The van der Waals surface area contributed by atoms with Crippen LogP contribution in [-0.2, 0) is 0 Å². The van der Waals surface area contributed by atoms with E-state index in [4.69, 9.17) is 18.6 Å². The van der Waals surface area contributed by atoms with Crippen LogP contribution >= 0.6 is 0 Å². The van der Waals surface area contributed by atoms with Crippen LogP contribution in [0.4, 0.5) is 5.69 Å². The van der Waals surface area contributed by atoms with Crippen LogP contribution in [0.5, 0.6) is 0 Å². The zero-order chi connectivity index (χ0) is 18.1. The average Bonchev–Trinajstić information content (AvgIpc) is 2.60. The summed E-state index contributed by atoms with van der Waals surface area (Å²) in [6.07, 6.45) is 2.03. The predicted molar refractivity (Wildman–Crippen MR) is 75.1 cm³/mol. The number of anilines is 1. The van der Waals surface area contributed by atoms with Gasteiger partial charge in [-0.15, -0.1) is 10.2 Å². The lowest BCUT2D eigenvalue weighted by molar-refractivity contribution is -2.00. The number of rotatable bonds is 1. The summed E-state index contributed by atoms with van der Waals surface area (Å²) in [6, 6.07) is 10.2. The van der Waals surface area contributed by atoms with Gasteiger partial charge in [-0.25, -0.2) is 28.1 Å². The van der Waals surface area contributed by atoms with E-state index in [2.05, 4.69) is 44.7 Å². The summed E-state index contributed by atoms with van der Waals surface area (Å²) < 4.78 is 36.0. The van der Waals surface area contributed by atoms with Crippen molar-refractivity contribution >= 4 is 12.0 Å². The fourth-order valence-corrected chi connectivity index (χ4v) is 2.55. The fraction of sp³-hybridized carbons (Fsp3) is 0.533. The molecule has 1 aromatic carbocycles. The SMILES string of the molecule is C[C@H]1N(c2ccccc2)C=[N+](C(C)(C)C)[C@@]1(C)O.[O-][Cl+3]([O-])([O-])[O-]. The summed E-state index contributed by atoms with van der Waals surface area (Å²) >= 11 is 0. The first-order valence-electron chi connectivity index (χ1n) is 7.06. The van der Waals surface area contributed by atoms with Gasteiger partial charge in [0.05, 0.1) is 0 Å². The molecule has 0 saturated carbocycles. The largest absolute Gasteiger partial charge is 0.350 e. The molecule has 7 nitrogen and oxygen atoms in total. The van der Waals surface area contributed by atoms with Gasteiger partial charge in [0.25, 0.3) is 0 Å². The molecule has 0 radical (unpaired) electrons. The Morgan fingerprint density at radius 3 is 1.91 bits per heavy atom. The number of para-hydroxylation sites is 1. The molecule has 0 aliphatic carbocycles. The van der Waals surface area contributed by atoms with E-state index in [0.29, 0.717) is 0 Å². The van der Waals surface area contributed by atoms with Crippen molar-refractivity contribution in [2.75, 3.05) is 4.90 Å². The highest BCUT2D eigenvalue weighted by Gasteiger charge is 2.52. The van der Waals surface area contributed by atoms with Crippen molar-refractivity contribution in [3.05, 3.63) is 30.3 Å². The summed E-state index contributed by atoms with van der Waals surface area (Å²) in [5, 5.41) is 10.7. The zero-order valence-corrected chi connectivity index (χ0v) is 14.6. The molecule has 8 heteroatoms. The molecule has 0 aromatic heterocycles. The maximum atomic E-state index is 10.7. The van der Waals surface area contributed by atoms with Crippen molar-refractivity contribution in [3.8, 4) is 0 Å². The lowest BCUT2D eigenvalue weighted by Gasteiger charge is -2.30. The van der Waals surface area contributed by atoms with E-state index in [0.717, 1.165) is 5.69 Å². The molecule has 0 fully saturated rings. The van der Waals surface area contributed by atoms with Crippen LogP contribution in [0, 0.1) is 10.2 Å². The summed E-state index contributed by atoms with van der Waals surface area (Å²) in [5.74, 6) is 0. The van der Waals surface area contributed by atoms with Crippen molar-refractivity contribution in [2.24, 2.45) is 0 Å². The Labute approximate surface area is 138 Å². The molecule has 0 unspecified atom stereocenters. The van der Waals surface area contributed by atoms with E-state index >= 15 is 0 Å². The molecule has 0 bridgehead atoms. The van der Waals surface area contributed by atoms with Crippen LogP contribution in [0.2, 0.25) is 0 Å². The number of halogens is 1. The first kappa shape index (κ1) is 19.8. The molecule has 23 heavy (non-hydrogen) atoms. The molecule has 1 aliphatic rings. The topological polar surface area (TPSA) is 119 Å². The minimum atomic E-state index is -4.94. The van der Waals surface area contributed by atoms with Crippen LogP contribution in [0.1, 0.15) is 34.6 Å². The summed E-state index contributed by atoms with van der Waals surface area (Å²) in [7, 11) is -4.94. The third kappa shape index (κ3) is 5.42. The maximum Gasteiger partial charge on any atom is 0.243 e. The van der Waals surface area contributed by atoms with E-state index in [1.807, 2.05) is 36.0 Å². The zero-order valence-electron chi connectivity index (χ0n) is 13.9. The number of aliphatic hydroxyl groups is 1. The van der Waals surface area contributed by atoms with Crippen molar-refractivity contribution < 1.29 is 38.6 Å². The first-order chi connectivity index (χ1) is 10.2. The summed E-state index contributed by atoms with van der Waals surface area (Å²) in [4.78, 5) is 2.13. The lowest BCUT2D eigenvalue weighted by atomic mass is 10.0. The summed E-state index contributed by atoms with van der Waals surface area (Å²) in [6.45, 7) is 10.3. The molecule has 1 heterocycles. The Hall–Kier alpha value is -1.22. The maximum absolute atomic E-state index is 10.7. The van der Waals surface area contributed by atoms with Crippen LogP contribution in [0.3, 0.4) is 0 Å². The number of hydrogen-bond donors (Lipinski definition) is 1. The number of nitrogens with zero attached hydrogens (tertiary/aromatic N) is 2. The van der Waals surface area contributed by atoms with Crippen molar-refractivity contribution in [1.82, 2.24) is 0 Å². The minimum absolute atomic E-state index is 0.0131. The van der Waals surface area contributed by atoms with Crippen LogP contribution in [0.15, 0.2) is 30.3 Å². The molecule has 1 N–H and O–H groups in total. The second kappa shape index (κ2) is 6.72. The third-order valence-electron chi connectivity index (χ3n) is 3.71. The monoisotopic (exact) mass is 346 g/mol. The van der Waals surface area contributed by atoms with E-state index in [1.165, 1.54) is 0 Å². The molecular weight excluding hydrogens is 324 g/mol. The van der Waals surface area contributed by atoms with E-state index in [1.54, 1.807) is 0 Å². The highest BCUT2D eigenvalue weighted by Crippen LogP contribution is 2.31. The molecule has 2 atom stereocenters. The normalized spacial score (nSPS) is 24.9. The Bertz CT molecular complexity index is 543. The Kier molecular flexibility index (Phi) is 5.79. The number of benzene rings is 1. The Morgan fingerprint density at radius 1 is 1.13 bits per heavy atom. The van der Waals surface area contributed by atoms with Gasteiger partial charge in [-0.3, -0.25) is 0 Å². The smallest absolute Gasteiger partial charge is 0.243 e. The van der Waals surface area contributed by atoms with Gasteiger partial charge in [-0.1, -0.05) is 18.2 Å². The van der Waals surface area contributed by atoms with Gasteiger partial charge in [-0.2, -0.15) is 0 Å². The van der Waals surface area contributed by atoms with Gasteiger partial charge >= 0.3 is 0 Å². The molecule has 2 rings (SSSR count). The molecule has 0 spiro atoms. The van der Waals surface area contributed by atoms with Crippen molar-refractivity contribution in [2.45, 2.75) is 51.9 Å². The second-order valence-electron chi connectivity index (χ2n) is 6.55. The predicted octanol–water partition coefficient (Wildman–Crippen LogP) is -2.31. The van der Waals surface area contributed by atoms with E-state index < -0.39 is 16.0 Å². The highest BCUT2D eigenvalue weighted by molar-refractivity contribution is 5.78. The third-order valence-corrected chi connectivity index (χ3v) is 3.71. The Morgan fingerprint density at radius 2 is 1.57 bits per heavy atom. The van der Waals surface area contributed by atoms with Crippen LogP contribution in [-0.4, -0.2) is 33.3 Å². The molecule has 1 aliphatic heterocycles. The molecule has 130 valence electrons. The van der Waals surface area contributed by atoms with Gasteiger partial charge in [0.2, 0.25) is 12.1 Å². The van der Waals surface area contributed by atoms with Gasteiger partial charge in [0, 0.05) is 6.92 Å². The average molecular weight is 347 g/mol. The standard InChI is InChI=1S/C15H23N2O.ClHO4/c1-12-15(5,18)17(14(2,3)4)11-16(12)13-9-7-6-8-10-13;2-1(3,4)5/h6-12,18H,1-5H3;(H,2,3,4,5)/q+1;/p-1/t12-,15+;/m1./s1. The van der Waals surface area contributed by atoms with Crippen LogP contribution in [0.25, 0.3) is 0 Å². The molecule has 1 aromatic rings. The van der Waals surface area contributed by atoms with Gasteiger partial charge in [0.1, 0.15) is 11.2 Å². The second-order valence-corrected chi connectivity index (χ2v) is 7.30. The lowest BCUT2D eigenvalue weighted by Crippen LogP contribution is -2.68. The van der Waals surface area contributed by atoms with Gasteiger partial charge in [-0.05, 0) is 39.8 Å². The Balaban J connectivity index is 0.000000463. The number of hydrogen-bond acceptors (Lipinski definition) is 6. The van der Waals surface area contributed by atoms with Gasteiger partial charge < -0.3 is 5.11 Å². The molecule has 0 amide bonds. The van der Waals surface area contributed by atoms with Gasteiger partial charge in [0.15, 0.2) is 6.04 Å². The van der Waals surface area contributed by atoms with E-state index in [-0.39, 0.29) is 11.6 Å². The van der Waals surface area contributed by atoms with Crippen LogP contribution < -0.4 is 23.5 Å². The fourth-order valence-electron chi connectivity index (χ4n) is 2.55. The quantitative estimate of drug-likeness (QED) is 0.570. The molecular formula is C15H23ClN2O5. The highest BCUT2D eigenvalue weighted by atomic mass is 35.7. The van der Waals surface area contributed by atoms with Crippen molar-refractivity contribution in [1.29, 1.82) is 0 Å². The van der Waals surface area contributed by atoms with E-state index in [9.17, 15) is 5.11 Å². The summed E-state index contributed by atoms with van der Waals surface area (Å²) in [5.41, 5.74) is 0.132. The molecule has 0 saturated heterocycles. The van der Waals surface area contributed by atoms with Crippen molar-refractivity contribution in [3.63, 3.8) is 0 Å².